The van der Waals surface area contributed by atoms with Crippen molar-refractivity contribution in [3.8, 4) is 0 Å². The molecule has 1 heterocycles. The van der Waals surface area contributed by atoms with Crippen LogP contribution in [0.1, 0.15) is 20.3 Å². The molecule has 0 bridgehead atoms. The molecule has 1 aliphatic rings. The average Bonchev–Trinajstić information content (AvgIpc) is 2.42. The molecule has 0 aromatic heterocycles. The summed E-state index contributed by atoms with van der Waals surface area (Å²) in [6.07, 6.45) is 1.04. The monoisotopic (exact) mass is 245 g/mol. The van der Waals surface area contributed by atoms with Crippen molar-refractivity contribution in [3.05, 3.63) is 0 Å². The minimum absolute atomic E-state index is 0.279. The van der Waals surface area contributed by atoms with Crippen LogP contribution in [0.25, 0.3) is 0 Å². The number of carbonyl (C=O) groups is 1. The Morgan fingerprint density at radius 3 is 2.69 bits per heavy atom. The first-order chi connectivity index (χ1) is 7.59. The van der Waals surface area contributed by atoms with Gasteiger partial charge in [0.1, 0.15) is 0 Å². The van der Waals surface area contributed by atoms with Crippen molar-refractivity contribution in [2.75, 3.05) is 38.5 Å². The van der Waals surface area contributed by atoms with Gasteiger partial charge in [0.25, 0.3) is 0 Å². The minimum Gasteiger partial charge on any atom is -0.351 e. The number of urea groups is 1. The average molecular weight is 245 g/mol. The summed E-state index contributed by atoms with van der Waals surface area (Å²) in [5.41, 5.74) is 5.29. The molecule has 1 fully saturated rings. The van der Waals surface area contributed by atoms with Gasteiger partial charge in [-0.05, 0) is 18.2 Å². The highest BCUT2D eigenvalue weighted by Gasteiger charge is 2.16. The van der Waals surface area contributed by atoms with Crippen LogP contribution in [0.15, 0.2) is 0 Å². The van der Waals surface area contributed by atoms with Gasteiger partial charge in [-0.2, -0.15) is 11.8 Å². The lowest BCUT2D eigenvalue weighted by atomic mass is 10.4. The molecule has 0 aliphatic carbocycles. The van der Waals surface area contributed by atoms with E-state index in [-0.39, 0.29) is 6.03 Å². The van der Waals surface area contributed by atoms with Crippen molar-refractivity contribution in [2.45, 2.75) is 25.5 Å². The minimum atomic E-state index is -0.279. The van der Waals surface area contributed by atoms with E-state index in [0.717, 1.165) is 39.1 Å². The molecule has 16 heavy (non-hydrogen) atoms. The van der Waals surface area contributed by atoms with Crippen molar-refractivity contribution in [1.82, 2.24) is 9.80 Å². The number of rotatable bonds is 4. The normalized spacial score (nSPS) is 18.8. The maximum absolute atomic E-state index is 11.0. The molecule has 0 spiro atoms. The largest absolute Gasteiger partial charge is 0.351 e. The molecule has 2 amide bonds. The summed E-state index contributed by atoms with van der Waals surface area (Å²) >= 11 is 1.99. The molecule has 1 aliphatic heterocycles. The number of primary amides is 1. The Morgan fingerprint density at radius 2 is 2.06 bits per heavy atom. The second kappa shape index (κ2) is 7.01. The Bertz CT molecular complexity index is 223. The fourth-order valence-electron chi connectivity index (χ4n) is 1.83. The summed E-state index contributed by atoms with van der Waals surface area (Å²) in [6.45, 7) is 9.20. The lowest BCUT2D eigenvalue weighted by molar-refractivity contribution is 0.208. The topological polar surface area (TPSA) is 49.6 Å². The number of nitrogens with zero attached hydrogens (tertiary/aromatic N) is 2. The highest BCUT2D eigenvalue weighted by Crippen LogP contribution is 2.10. The lowest BCUT2D eigenvalue weighted by Gasteiger charge is -2.20. The summed E-state index contributed by atoms with van der Waals surface area (Å²) in [4.78, 5) is 15.2. The zero-order chi connectivity index (χ0) is 12.0. The smallest absolute Gasteiger partial charge is 0.314 e. The molecular weight excluding hydrogens is 222 g/mol. The standard InChI is InChI=1S/C11H23N3OS/c1-10(2)16-9-8-13-4-3-5-14(7-6-13)11(12)15/h10H,3-9H2,1-2H3,(H2,12,15). The molecule has 94 valence electrons. The zero-order valence-electron chi connectivity index (χ0n) is 10.3. The zero-order valence-corrected chi connectivity index (χ0v) is 11.1. The van der Waals surface area contributed by atoms with Crippen LogP contribution < -0.4 is 5.73 Å². The first-order valence-corrected chi connectivity index (χ1v) is 7.03. The van der Waals surface area contributed by atoms with Gasteiger partial charge in [-0.3, -0.25) is 0 Å². The number of carbonyl (C=O) groups excluding carboxylic acids is 1. The van der Waals surface area contributed by atoms with Gasteiger partial charge < -0.3 is 15.5 Å². The predicted octanol–water partition coefficient (Wildman–Crippen LogP) is 1.21. The van der Waals surface area contributed by atoms with E-state index in [9.17, 15) is 4.79 Å². The van der Waals surface area contributed by atoms with E-state index in [1.807, 2.05) is 11.8 Å². The van der Waals surface area contributed by atoms with Gasteiger partial charge in [0.15, 0.2) is 0 Å². The SMILES string of the molecule is CC(C)SCCN1CCCN(C(N)=O)CC1. The van der Waals surface area contributed by atoms with Crippen molar-refractivity contribution in [1.29, 1.82) is 0 Å². The molecule has 1 saturated heterocycles. The summed E-state index contributed by atoms with van der Waals surface area (Å²) < 4.78 is 0. The summed E-state index contributed by atoms with van der Waals surface area (Å²) in [6, 6.07) is -0.279. The Hall–Kier alpha value is -0.420. The van der Waals surface area contributed by atoms with Gasteiger partial charge in [0.05, 0.1) is 0 Å². The van der Waals surface area contributed by atoms with Crippen LogP contribution in [-0.2, 0) is 0 Å². The van der Waals surface area contributed by atoms with Crippen LogP contribution >= 0.6 is 11.8 Å². The maximum Gasteiger partial charge on any atom is 0.314 e. The van der Waals surface area contributed by atoms with Gasteiger partial charge in [-0.1, -0.05) is 13.8 Å². The molecule has 4 nitrogen and oxygen atoms in total. The quantitative estimate of drug-likeness (QED) is 0.810. The van der Waals surface area contributed by atoms with E-state index in [1.165, 1.54) is 5.75 Å². The lowest BCUT2D eigenvalue weighted by Crippen LogP contribution is -2.38. The Balaban J connectivity index is 2.22. The first kappa shape index (κ1) is 13.6. The maximum atomic E-state index is 11.0. The highest BCUT2D eigenvalue weighted by atomic mass is 32.2. The highest BCUT2D eigenvalue weighted by molar-refractivity contribution is 7.99. The first-order valence-electron chi connectivity index (χ1n) is 5.98. The second-order valence-electron chi connectivity index (χ2n) is 4.44. The van der Waals surface area contributed by atoms with Crippen LogP contribution in [0.5, 0.6) is 0 Å². The van der Waals surface area contributed by atoms with E-state index in [0.29, 0.717) is 5.25 Å². The van der Waals surface area contributed by atoms with Gasteiger partial charge in [0.2, 0.25) is 0 Å². The van der Waals surface area contributed by atoms with Gasteiger partial charge in [-0.15, -0.1) is 0 Å². The third-order valence-electron chi connectivity index (χ3n) is 2.76. The molecule has 0 saturated carbocycles. The second-order valence-corrected chi connectivity index (χ2v) is 6.12. The molecule has 0 atom stereocenters. The van der Waals surface area contributed by atoms with Crippen molar-refractivity contribution in [2.24, 2.45) is 5.73 Å². The van der Waals surface area contributed by atoms with Crippen LogP contribution in [0.3, 0.4) is 0 Å². The van der Waals surface area contributed by atoms with E-state index in [1.54, 1.807) is 4.90 Å². The molecule has 0 unspecified atom stereocenters. The van der Waals surface area contributed by atoms with E-state index in [4.69, 9.17) is 5.73 Å². The molecule has 1 rings (SSSR count). The Kier molecular flexibility index (Phi) is 5.98. The summed E-state index contributed by atoms with van der Waals surface area (Å²) in [5, 5.41) is 0.703. The van der Waals surface area contributed by atoms with Crippen molar-refractivity contribution < 1.29 is 4.79 Å². The van der Waals surface area contributed by atoms with Gasteiger partial charge in [0, 0.05) is 31.9 Å². The summed E-state index contributed by atoms with van der Waals surface area (Å²) in [5.74, 6) is 1.17. The molecule has 0 aromatic rings. The van der Waals surface area contributed by atoms with Gasteiger partial charge in [-0.25, -0.2) is 4.79 Å². The van der Waals surface area contributed by atoms with E-state index < -0.39 is 0 Å². The van der Waals surface area contributed by atoms with E-state index in [2.05, 4.69) is 18.7 Å². The molecule has 0 aromatic carbocycles. The van der Waals surface area contributed by atoms with Crippen LogP contribution in [0.4, 0.5) is 4.79 Å². The molecule has 5 heteroatoms. The van der Waals surface area contributed by atoms with E-state index >= 15 is 0 Å². The molecular formula is C11H23N3OS. The number of hydrogen-bond acceptors (Lipinski definition) is 3. The molecule has 2 N–H and O–H groups in total. The fraction of sp³-hybridized carbons (Fsp3) is 0.909. The van der Waals surface area contributed by atoms with Gasteiger partial charge >= 0.3 is 6.03 Å². The third-order valence-corrected chi connectivity index (χ3v) is 3.84. The van der Waals surface area contributed by atoms with Crippen molar-refractivity contribution in [3.63, 3.8) is 0 Å². The molecule has 0 radical (unpaired) electrons. The summed E-state index contributed by atoms with van der Waals surface area (Å²) in [7, 11) is 0. The van der Waals surface area contributed by atoms with Crippen molar-refractivity contribution >= 4 is 17.8 Å². The van der Waals surface area contributed by atoms with Crippen LogP contribution in [-0.4, -0.2) is 59.6 Å². The Labute approximate surface area is 103 Å². The predicted molar refractivity (Wildman–Crippen MR) is 69.8 cm³/mol. The third kappa shape index (κ3) is 5.07. The number of thioether (sulfide) groups is 1. The fourth-order valence-corrected chi connectivity index (χ4v) is 2.67. The number of hydrogen-bond donors (Lipinski definition) is 1. The number of nitrogens with two attached hydrogens (primary N) is 1. The number of amides is 2. The van der Waals surface area contributed by atoms with Crippen LogP contribution in [0.2, 0.25) is 0 Å². The Morgan fingerprint density at radius 1 is 1.31 bits per heavy atom. The van der Waals surface area contributed by atoms with Crippen LogP contribution in [0, 0.1) is 0 Å².